The lowest BCUT2D eigenvalue weighted by molar-refractivity contribution is 0.0736. The van der Waals surface area contributed by atoms with Crippen LogP contribution < -0.4 is 4.74 Å². The molecule has 0 radical (unpaired) electrons. The molecule has 0 amide bonds. The van der Waals surface area contributed by atoms with Gasteiger partial charge in [0.25, 0.3) is 0 Å². The number of rotatable bonds is 2. The SMILES string of the molecule is O=C(Oc1cccc2ccccc12)c1cccc(O)c1. The molecule has 0 saturated carbocycles. The third kappa shape index (κ3) is 2.34. The van der Waals surface area contributed by atoms with Crippen molar-refractivity contribution in [2.45, 2.75) is 0 Å². The lowest BCUT2D eigenvalue weighted by Gasteiger charge is -2.07. The molecule has 98 valence electrons. The molecular formula is C17H12O3. The highest BCUT2D eigenvalue weighted by molar-refractivity contribution is 5.95. The average molecular weight is 264 g/mol. The summed E-state index contributed by atoms with van der Waals surface area (Å²) in [6.07, 6.45) is 0. The molecule has 1 N–H and O–H groups in total. The quantitative estimate of drug-likeness (QED) is 0.566. The van der Waals surface area contributed by atoms with Crippen molar-refractivity contribution in [2.24, 2.45) is 0 Å². The zero-order valence-electron chi connectivity index (χ0n) is 10.6. The summed E-state index contributed by atoms with van der Waals surface area (Å²) in [5.74, 6) is 0.0612. The Morgan fingerprint density at radius 1 is 0.900 bits per heavy atom. The van der Waals surface area contributed by atoms with Crippen LogP contribution in [0.3, 0.4) is 0 Å². The molecule has 0 unspecified atom stereocenters. The van der Waals surface area contributed by atoms with E-state index in [-0.39, 0.29) is 5.75 Å². The van der Waals surface area contributed by atoms with Gasteiger partial charge in [-0.3, -0.25) is 0 Å². The molecule has 0 aromatic heterocycles. The number of ether oxygens (including phenoxy) is 1. The first kappa shape index (κ1) is 12.2. The van der Waals surface area contributed by atoms with Gasteiger partial charge in [0.1, 0.15) is 11.5 Å². The number of hydrogen-bond donors (Lipinski definition) is 1. The number of benzene rings is 3. The average Bonchev–Trinajstić information content (AvgIpc) is 2.47. The molecule has 0 aliphatic carbocycles. The maximum atomic E-state index is 12.1. The van der Waals surface area contributed by atoms with Crippen molar-refractivity contribution in [1.82, 2.24) is 0 Å². The lowest BCUT2D eigenvalue weighted by Crippen LogP contribution is -2.08. The topological polar surface area (TPSA) is 46.5 Å². The van der Waals surface area contributed by atoms with Crippen molar-refractivity contribution < 1.29 is 14.6 Å². The highest BCUT2D eigenvalue weighted by Gasteiger charge is 2.11. The van der Waals surface area contributed by atoms with Crippen LogP contribution in [0, 0.1) is 0 Å². The summed E-state index contributed by atoms with van der Waals surface area (Å²) in [6, 6.07) is 19.3. The van der Waals surface area contributed by atoms with Crippen molar-refractivity contribution in [3.8, 4) is 11.5 Å². The minimum atomic E-state index is -0.489. The molecule has 0 aliphatic rings. The van der Waals surface area contributed by atoms with Gasteiger partial charge in [-0.25, -0.2) is 4.79 Å². The highest BCUT2D eigenvalue weighted by Crippen LogP contribution is 2.26. The van der Waals surface area contributed by atoms with Crippen LogP contribution in [0.2, 0.25) is 0 Å². The molecule has 20 heavy (non-hydrogen) atoms. The van der Waals surface area contributed by atoms with E-state index in [0.717, 1.165) is 10.8 Å². The van der Waals surface area contributed by atoms with Crippen LogP contribution in [0.5, 0.6) is 11.5 Å². The summed E-state index contributed by atoms with van der Waals surface area (Å²) >= 11 is 0. The number of esters is 1. The fourth-order valence-electron chi connectivity index (χ4n) is 2.08. The van der Waals surface area contributed by atoms with Crippen LogP contribution in [-0.2, 0) is 0 Å². The zero-order chi connectivity index (χ0) is 13.9. The van der Waals surface area contributed by atoms with Crippen molar-refractivity contribution in [1.29, 1.82) is 0 Å². The Hall–Kier alpha value is -2.81. The predicted octanol–water partition coefficient (Wildman–Crippen LogP) is 3.76. The second-order valence-corrected chi connectivity index (χ2v) is 4.42. The third-order valence-electron chi connectivity index (χ3n) is 3.03. The molecule has 0 fully saturated rings. The Labute approximate surface area is 116 Å². The monoisotopic (exact) mass is 264 g/mol. The van der Waals surface area contributed by atoms with Gasteiger partial charge < -0.3 is 9.84 Å². The molecule has 3 nitrogen and oxygen atoms in total. The number of hydrogen-bond acceptors (Lipinski definition) is 3. The first-order valence-electron chi connectivity index (χ1n) is 6.23. The molecule has 0 aliphatic heterocycles. The van der Waals surface area contributed by atoms with Gasteiger partial charge in [0.05, 0.1) is 5.56 Å². The van der Waals surface area contributed by atoms with E-state index in [9.17, 15) is 9.90 Å². The standard InChI is InChI=1S/C17H12O3/c18-14-8-3-7-13(11-14)17(19)20-16-10-4-6-12-5-1-2-9-15(12)16/h1-11,18H. The number of aromatic hydroxyl groups is 1. The lowest BCUT2D eigenvalue weighted by atomic mass is 10.1. The Morgan fingerprint density at radius 2 is 1.65 bits per heavy atom. The molecule has 0 saturated heterocycles. The van der Waals surface area contributed by atoms with Crippen molar-refractivity contribution in [3.05, 3.63) is 72.3 Å². The smallest absolute Gasteiger partial charge is 0.343 e. The molecule has 3 aromatic carbocycles. The number of carbonyl (C=O) groups excluding carboxylic acids is 1. The summed E-state index contributed by atoms with van der Waals surface area (Å²) in [5, 5.41) is 11.3. The van der Waals surface area contributed by atoms with E-state index in [2.05, 4.69) is 0 Å². The van der Waals surface area contributed by atoms with Gasteiger partial charge in [-0.2, -0.15) is 0 Å². The molecule has 0 bridgehead atoms. The van der Waals surface area contributed by atoms with E-state index < -0.39 is 5.97 Å². The molecule has 0 atom stereocenters. The summed E-state index contributed by atoms with van der Waals surface area (Å²) < 4.78 is 5.42. The van der Waals surface area contributed by atoms with E-state index in [1.54, 1.807) is 18.2 Å². The zero-order valence-corrected chi connectivity index (χ0v) is 10.6. The van der Waals surface area contributed by atoms with Crippen LogP contribution in [0.15, 0.2) is 66.7 Å². The summed E-state index contributed by atoms with van der Waals surface area (Å²) in [5.41, 5.74) is 0.318. The fourth-order valence-corrected chi connectivity index (χ4v) is 2.08. The van der Waals surface area contributed by atoms with E-state index in [1.807, 2.05) is 36.4 Å². The fraction of sp³-hybridized carbons (Fsp3) is 0. The molecule has 3 heteroatoms. The first-order chi connectivity index (χ1) is 9.74. The number of phenolic OH excluding ortho intramolecular Hbond substituents is 1. The minimum absolute atomic E-state index is 0.0392. The Kier molecular flexibility index (Phi) is 3.09. The molecule has 0 heterocycles. The number of carbonyl (C=O) groups is 1. The maximum Gasteiger partial charge on any atom is 0.343 e. The largest absolute Gasteiger partial charge is 0.508 e. The highest BCUT2D eigenvalue weighted by atomic mass is 16.5. The van der Waals surface area contributed by atoms with E-state index in [4.69, 9.17) is 4.74 Å². The van der Waals surface area contributed by atoms with Crippen LogP contribution in [0.1, 0.15) is 10.4 Å². The maximum absolute atomic E-state index is 12.1. The van der Waals surface area contributed by atoms with Gasteiger partial charge in [0.2, 0.25) is 0 Å². The van der Waals surface area contributed by atoms with Gasteiger partial charge in [0.15, 0.2) is 0 Å². The van der Waals surface area contributed by atoms with Gasteiger partial charge in [-0.15, -0.1) is 0 Å². The third-order valence-corrected chi connectivity index (χ3v) is 3.03. The Morgan fingerprint density at radius 3 is 2.50 bits per heavy atom. The van der Waals surface area contributed by atoms with Crippen molar-refractivity contribution in [2.75, 3.05) is 0 Å². The molecule has 0 spiro atoms. The summed E-state index contributed by atoms with van der Waals surface area (Å²) in [4.78, 5) is 12.1. The number of phenols is 1. The molecule has 3 aromatic rings. The van der Waals surface area contributed by atoms with Crippen molar-refractivity contribution >= 4 is 16.7 Å². The Balaban J connectivity index is 1.95. The first-order valence-corrected chi connectivity index (χ1v) is 6.23. The van der Waals surface area contributed by atoms with E-state index in [1.165, 1.54) is 12.1 Å². The van der Waals surface area contributed by atoms with Gasteiger partial charge in [-0.1, -0.05) is 42.5 Å². The second-order valence-electron chi connectivity index (χ2n) is 4.42. The molecular weight excluding hydrogens is 252 g/mol. The summed E-state index contributed by atoms with van der Waals surface area (Å²) in [7, 11) is 0. The Bertz CT molecular complexity index is 773. The normalized spacial score (nSPS) is 10.4. The van der Waals surface area contributed by atoms with Gasteiger partial charge >= 0.3 is 5.97 Å². The van der Waals surface area contributed by atoms with Gasteiger partial charge in [0, 0.05) is 5.39 Å². The number of fused-ring (bicyclic) bond motifs is 1. The van der Waals surface area contributed by atoms with Gasteiger partial charge in [-0.05, 0) is 29.7 Å². The van der Waals surface area contributed by atoms with Crippen LogP contribution in [-0.4, -0.2) is 11.1 Å². The second kappa shape index (κ2) is 5.05. The van der Waals surface area contributed by atoms with Crippen LogP contribution in [0.25, 0.3) is 10.8 Å². The minimum Gasteiger partial charge on any atom is -0.508 e. The van der Waals surface area contributed by atoms with E-state index in [0.29, 0.717) is 11.3 Å². The molecule has 3 rings (SSSR count). The van der Waals surface area contributed by atoms with Crippen molar-refractivity contribution in [3.63, 3.8) is 0 Å². The van der Waals surface area contributed by atoms with E-state index >= 15 is 0 Å². The van der Waals surface area contributed by atoms with Crippen LogP contribution in [0.4, 0.5) is 0 Å². The summed E-state index contributed by atoms with van der Waals surface area (Å²) in [6.45, 7) is 0. The van der Waals surface area contributed by atoms with Crippen LogP contribution >= 0.6 is 0 Å². The predicted molar refractivity (Wildman–Crippen MR) is 77.0 cm³/mol.